The largest absolute Gasteiger partial charge is 0.497 e. The van der Waals surface area contributed by atoms with E-state index in [1.54, 1.807) is 43.6 Å². The maximum atomic E-state index is 5.60. The van der Waals surface area contributed by atoms with Gasteiger partial charge in [0.25, 0.3) is 0 Å². The molecule has 5 rings (SSSR count). The predicted molar refractivity (Wildman–Crippen MR) is 133 cm³/mol. The van der Waals surface area contributed by atoms with E-state index < -0.39 is 0 Å². The van der Waals surface area contributed by atoms with Crippen molar-refractivity contribution in [2.75, 3.05) is 14.2 Å². The second-order valence-corrected chi connectivity index (χ2v) is 9.17. The molecule has 0 saturated heterocycles. The molecular weight excluding hydrogens is 468 g/mol. The topological polar surface area (TPSA) is 75.2 Å². The van der Waals surface area contributed by atoms with E-state index in [0.29, 0.717) is 12.3 Å². The van der Waals surface area contributed by atoms with Crippen molar-refractivity contribution in [3.8, 4) is 33.5 Å². The Hall–Kier alpha value is -3.56. The highest BCUT2D eigenvalue weighted by molar-refractivity contribution is 7.98. The van der Waals surface area contributed by atoms with Crippen LogP contribution in [0.25, 0.3) is 22.0 Å². The summed E-state index contributed by atoms with van der Waals surface area (Å²) in [5, 5.41) is 12.8. The van der Waals surface area contributed by atoms with E-state index in [1.165, 1.54) is 0 Å². The number of nitrogens with zero attached hydrogens (tertiary/aromatic N) is 4. The minimum atomic E-state index is 0.538. The van der Waals surface area contributed by atoms with Crippen molar-refractivity contribution in [1.29, 1.82) is 0 Å². The van der Waals surface area contributed by atoms with Gasteiger partial charge in [0.2, 0.25) is 0 Å². The summed E-state index contributed by atoms with van der Waals surface area (Å²) < 4.78 is 18.3. The Balaban J connectivity index is 1.38. The molecule has 0 unspecified atom stereocenters. The summed E-state index contributed by atoms with van der Waals surface area (Å²) in [4.78, 5) is 4.81. The number of thioether (sulfide) groups is 1. The fraction of sp³-hybridized carbons (Fsp3) is 0.160. The molecule has 0 saturated carbocycles. The molecule has 3 aromatic heterocycles. The zero-order chi connectivity index (χ0) is 23.3. The van der Waals surface area contributed by atoms with E-state index in [2.05, 4.69) is 20.1 Å². The molecule has 0 aliphatic carbocycles. The first-order chi connectivity index (χ1) is 16.7. The summed E-state index contributed by atoms with van der Waals surface area (Å²) in [6, 6.07) is 19.6. The molecule has 5 aromatic rings. The number of methoxy groups -OCH3 is 2. The van der Waals surface area contributed by atoms with Crippen molar-refractivity contribution < 1.29 is 13.9 Å². The number of aromatic nitrogens is 4. The van der Waals surface area contributed by atoms with Gasteiger partial charge in [-0.15, -0.1) is 21.5 Å². The number of furan rings is 1. The highest BCUT2D eigenvalue weighted by Gasteiger charge is 2.17. The summed E-state index contributed by atoms with van der Waals surface area (Å²) in [7, 11) is 3.32. The van der Waals surface area contributed by atoms with E-state index in [0.717, 1.165) is 50.1 Å². The number of rotatable bonds is 9. The van der Waals surface area contributed by atoms with Gasteiger partial charge in [-0.3, -0.25) is 4.57 Å². The van der Waals surface area contributed by atoms with Crippen molar-refractivity contribution in [3.63, 3.8) is 0 Å². The van der Waals surface area contributed by atoms with Crippen molar-refractivity contribution in [2.45, 2.75) is 17.5 Å². The van der Waals surface area contributed by atoms with E-state index in [9.17, 15) is 0 Å². The number of hydrogen-bond donors (Lipinski definition) is 0. The molecule has 3 heterocycles. The van der Waals surface area contributed by atoms with Crippen LogP contribution in [0.3, 0.4) is 0 Å². The molecule has 0 bridgehead atoms. The number of benzene rings is 2. The zero-order valence-corrected chi connectivity index (χ0v) is 20.3. The van der Waals surface area contributed by atoms with Gasteiger partial charge in [0.15, 0.2) is 11.0 Å². The lowest BCUT2D eigenvalue weighted by molar-refractivity contribution is 0.415. The number of thiazole rings is 1. The van der Waals surface area contributed by atoms with Gasteiger partial charge in [0.1, 0.15) is 22.3 Å². The summed E-state index contributed by atoms with van der Waals surface area (Å²) in [5.41, 5.74) is 3.00. The van der Waals surface area contributed by atoms with Crippen molar-refractivity contribution in [1.82, 2.24) is 19.7 Å². The average molecular weight is 491 g/mol. The summed E-state index contributed by atoms with van der Waals surface area (Å²) in [5.74, 6) is 3.91. The molecule has 0 radical (unpaired) electrons. The SMILES string of the molecule is COc1ccc(-c2nnc(SCc3csc(-c4cccc(OC)c4)n3)n2Cc2ccco2)cc1. The first kappa shape index (κ1) is 22.2. The lowest BCUT2D eigenvalue weighted by atomic mass is 10.2. The first-order valence-corrected chi connectivity index (χ1v) is 12.4. The smallest absolute Gasteiger partial charge is 0.192 e. The van der Waals surface area contributed by atoms with Crippen LogP contribution in [-0.4, -0.2) is 34.0 Å². The summed E-state index contributed by atoms with van der Waals surface area (Å²) in [6.07, 6.45) is 1.68. The Kier molecular flexibility index (Phi) is 6.64. The molecule has 0 aliphatic rings. The van der Waals surface area contributed by atoms with Crippen LogP contribution in [0.5, 0.6) is 11.5 Å². The van der Waals surface area contributed by atoms with Crippen LogP contribution in [0, 0.1) is 0 Å². The molecule has 7 nitrogen and oxygen atoms in total. The van der Waals surface area contributed by atoms with Gasteiger partial charge < -0.3 is 13.9 Å². The minimum absolute atomic E-state index is 0.538. The van der Waals surface area contributed by atoms with Crippen LogP contribution >= 0.6 is 23.1 Å². The third kappa shape index (κ3) is 4.85. The predicted octanol–water partition coefficient (Wildman–Crippen LogP) is 6.02. The van der Waals surface area contributed by atoms with Crippen LogP contribution in [0.15, 0.2) is 81.9 Å². The molecular formula is C25H22N4O3S2. The van der Waals surface area contributed by atoms with Gasteiger partial charge in [-0.1, -0.05) is 23.9 Å². The van der Waals surface area contributed by atoms with E-state index in [-0.39, 0.29) is 0 Å². The van der Waals surface area contributed by atoms with E-state index >= 15 is 0 Å². The highest BCUT2D eigenvalue weighted by Crippen LogP contribution is 2.31. The summed E-state index contributed by atoms with van der Waals surface area (Å²) in [6.45, 7) is 0.538. The molecule has 172 valence electrons. The second-order valence-electron chi connectivity index (χ2n) is 7.36. The van der Waals surface area contributed by atoms with Crippen LogP contribution in [0.4, 0.5) is 0 Å². The minimum Gasteiger partial charge on any atom is -0.497 e. The third-order valence-electron chi connectivity index (χ3n) is 5.18. The first-order valence-electron chi connectivity index (χ1n) is 10.5. The quantitative estimate of drug-likeness (QED) is 0.234. The van der Waals surface area contributed by atoms with E-state index in [4.69, 9.17) is 18.9 Å². The van der Waals surface area contributed by atoms with Gasteiger partial charge in [0.05, 0.1) is 32.7 Å². The van der Waals surface area contributed by atoms with Gasteiger partial charge in [-0.05, 0) is 48.5 Å². The van der Waals surface area contributed by atoms with Gasteiger partial charge in [-0.2, -0.15) is 0 Å². The zero-order valence-electron chi connectivity index (χ0n) is 18.7. The maximum absolute atomic E-state index is 5.60. The third-order valence-corrected chi connectivity index (χ3v) is 7.12. The normalized spacial score (nSPS) is 11.0. The Morgan fingerprint density at radius 3 is 2.56 bits per heavy atom. The Morgan fingerprint density at radius 1 is 0.941 bits per heavy atom. The monoisotopic (exact) mass is 490 g/mol. The molecule has 0 amide bonds. The molecule has 0 spiro atoms. The van der Waals surface area contributed by atoms with E-state index in [1.807, 2.05) is 60.7 Å². The fourth-order valence-corrected chi connectivity index (χ4v) is 5.20. The summed E-state index contributed by atoms with van der Waals surface area (Å²) >= 11 is 3.22. The average Bonchev–Trinajstić information content (AvgIpc) is 3.65. The van der Waals surface area contributed by atoms with Crippen LogP contribution < -0.4 is 9.47 Å². The lowest BCUT2D eigenvalue weighted by Gasteiger charge is -2.09. The Labute approximate surface area is 205 Å². The lowest BCUT2D eigenvalue weighted by Crippen LogP contribution is -2.03. The van der Waals surface area contributed by atoms with Crippen LogP contribution in [0.2, 0.25) is 0 Å². The molecule has 0 aliphatic heterocycles. The van der Waals surface area contributed by atoms with Crippen LogP contribution in [0.1, 0.15) is 11.5 Å². The van der Waals surface area contributed by atoms with Crippen molar-refractivity contribution in [2.24, 2.45) is 0 Å². The molecule has 34 heavy (non-hydrogen) atoms. The molecule has 0 atom stereocenters. The molecule has 2 aromatic carbocycles. The molecule has 0 N–H and O–H groups in total. The molecule has 9 heteroatoms. The van der Waals surface area contributed by atoms with Crippen LogP contribution in [-0.2, 0) is 12.3 Å². The number of hydrogen-bond acceptors (Lipinski definition) is 8. The standard InChI is InChI=1S/C25H22N4O3S2/c1-30-20-10-8-17(9-11-20)23-27-28-25(29(23)14-22-7-4-12-32-22)34-16-19-15-33-24(26-19)18-5-3-6-21(13-18)31-2/h3-13,15H,14,16H2,1-2H3. The second kappa shape index (κ2) is 10.1. The Bertz CT molecular complexity index is 1360. The highest BCUT2D eigenvalue weighted by atomic mass is 32.2. The van der Waals surface area contributed by atoms with Crippen molar-refractivity contribution >= 4 is 23.1 Å². The van der Waals surface area contributed by atoms with Gasteiger partial charge in [-0.25, -0.2) is 4.98 Å². The van der Waals surface area contributed by atoms with Crippen molar-refractivity contribution in [3.05, 3.63) is 83.8 Å². The molecule has 0 fully saturated rings. The fourth-order valence-electron chi connectivity index (χ4n) is 3.45. The van der Waals surface area contributed by atoms with Gasteiger partial charge >= 0.3 is 0 Å². The van der Waals surface area contributed by atoms with Gasteiger partial charge in [0, 0.05) is 22.3 Å². The maximum Gasteiger partial charge on any atom is 0.192 e. The Morgan fingerprint density at radius 2 is 1.79 bits per heavy atom. The number of ether oxygens (including phenoxy) is 2.